The molecule has 0 saturated carbocycles. The Morgan fingerprint density at radius 2 is 1.24 bits per heavy atom. The van der Waals surface area contributed by atoms with E-state index < -0.39 is 0 Å². The molecule has 120 valence electrons. The van der Waals surface area contributed by atoms with Gasteiger partial charge in [-0.25, -0.2) is 0 Å². The van der Waals surface area contributed by atoms with Crippen LogP contribution in [0.4, 0.5) is 0 Å². The van der Waals surface area contributed by atoms with E-state index in [1.165, 1.54) is 70.6 Å². The Hall–Kier alpha value is -0.820. The zero-order valence-corrected chi connectivity index (χ0v) is 14.4. The van der Waals surface area contributed by atoms with E-state index >= 15 is 0 Å². The molecule has 0 saturated heterocycles. The Balaban J connectivity index is 0.00000400. The van der Waals surface area contributed by atoms with Crippen LogP contribution in [0.5, 0.6) is 0 Å². The molecule has 0 N–H and O–H groups in total. The van der Waals surface area contributed by atoms with E-state index in [9.17, 15) is 0 Å². The SMILES string of the molecule is CCCCCCCCCCCCC=C[n+]1ccccc1.[Cl-]. The van der Waals surface area contributed by atoms with Crippen LogP contribution in [-0.2, 0) is 0 Å². The van der Waals surface area contributed by atoms with Gasteiger partial charge in [-0.1, -0.05) is 70.8 Å². The second-order valence-corrected chi connectivity index (χ2v) is 5.68. The van der Waals surface area contributed by atoms with E-state index in [0.29, 0.717) is 0 Å². The molecule has 0 aliphatic carbocycles. The van der Waals surface area contributed by atoms with Crippen LogP contribution in [0, 0.1) is 0 Å². The number of rotatable bonds is 12. The van der Waals surface area contributed by atoms with Crippen molar-refractivity contribution in [2.45, 2.75) is 77.6 Å². The predicted molar refractivity (Wildman–Crippen MR) is 88.4 cm³/mol. The molecule has 0 bridgehead atoms. The third kappa shape index (κ3) is 12.6. The fourth-order valence-corrected chi connectivity index (χ4v) is 2.46. The zero-order valence-electron chi connectivity index (χ0n) is 13.6. The first-order chi connectivity index (χ1) is 9.93. The molecule has 1 nitrogen and oxygen atoms in total. The molecule has 0 amide bonds. The van der Waals surface area contributed by atoms with Gasteiger partial charge in [-0.05, 0) is 18.9 Å². The van der Waals surface area contributed by atoms with Crippen molar-refractivity contribution in [3.8, 4) is 0 Å². The average molecular weight is 310 g/mol. The highest BCUT2D eigenvalue weighted by Gasteiger charge is 1.93. The van der Waals surface area contributed by atoms with E-state index in [0.717, 1.165) is 0 Å². The van der Waals surface area contributed by atoms with E-state index in [1.54, 1.807) is 0 Å². The molecule has 0 spiro atoms. The Bertz CT molecular complexity index is 335. The highest BCUT2D eigenvalue weighted by Crippen LogP contribution is 2.11. The molecule has 0 aliphatic heterocycles. The molecular formula is C19H32ClN. The molecule has 1 aromatic heterocycles. The Labute approximate surface area is 137 Å². The third-order valence-electron chi connectivity index (χ3n) is 3.74. The van der Waals surface area contributed by atoms with Crippen LogP contribution in [0.3, 0.4) is 0 Å². The lowest BCUT2D eigenvalue weighted by molar-refractivity contribution is -0.568. The highest BCUT2D eigenvalue weighted by atomic mass is 35.5. The molecule has 2 heteroatoms. The number of hydrogen-bond donors (Lipinski definition) is 0. The maximum Gasteiger partial charge on any atom is 0.174 e. The van der Waals surface area contributed by atoms with Crippen molar-refractivity contribution in [2.75, 3.05) is 0 Å². The number of nitrogens with zero attached hydrogens (tertiary/aromatic N) is 1. The van der Waals surface area contributed by atoms with E-state index in [1.807, 2.05) is 6.07 Å². The lowest BCUT2D eigenvalue weighted by Gasteiger charge is -2.01. The molecule has 1 aromatic rings. The lowest BCUT2D eigenvalue weighted by Crippen LogP contribution is -3.00. The predicted octanol–water partition coefficient (Wildman–Crippen LogP) is 2.76. The van der Waals surface area contributed by atoms with Crippen molar-refractivity contribution in [1.82, 2.24) is 0 Å². The number of hydrogen-bond acceptors (Lipinski definition) is 0. The van der Waals surface area contributed by atoms with Crippen LogP contribution in [0.15, 0.2) is 36.7 Å². The number of pyridine rings is 1. The monoisotopic (exact) mass is 309 g/mol. The lowest BCUT2D eigenvalue weighted by atomic mass is 10.1. The first kappa shape index (κ1) is 20.2. The molecule has 1 heterocycles. The van der Waals surface area contributed by atoms with E-state index in [-0.39, 0.29) is 12.4 Å². The van der Waals surface area contributed by atoms with Crippen molar-refractivity contribution in [3.05, 3.63) is 36.7 Å². The molecule has 0 aromatic carbocycles. The standard InChI is InChI=1S/C19H32N.ClH/c1-2-3-4-5-6-7-8-9-10-11-12-14-17-20-18-15-13-16-19-20;/h13-19H,2-12H2,1H3;1H/q+1;/p-1. The van der Waals surface area contributed by atoms with Crippen molar-refractivity contribution in [3.63, 3.8) is 0 Å². The second-order valence-electron chi connectivity index (χ2n) is 5.68. The first-order valence-corrected chi connectivity index (χ1v) is 8.56. The number of aromatic nitrogens is 1. The largest absolute Gasteiger partial charge is 1.00 e. The van der Waals surface area contributed by atoms with Gasteiger partial charge >= 0.3 is 0 Å². The minimum atomic E-state index is 0. The summed E-state index contributed by atoms with van der Waals surface area (Å²) in [6.45, 7) is 2.28. The summed E-state index contributed by atoms with van der Waals surface area (Å²) in [5, 5.41) is 0. The van der Waals surface area contributed by atoms with Gasteiger partial charge in [0.15, 0.2) is 18.6 Å². The van der Waals surface area contributed by atoms with Gasteiger partial charge < -0.3 is 12.4 Å². The summed E-state index contributed by atoms with van der Waals surface area (Å²) < 4.78 is 2.11. The van der Waals surface area contributed by atoms with E-state index in [2.05, 4.69) is 48.3 Å². The summed E-state index contributed by atoms with van der Waals surface area (Å²) in [4.78, 5) is 0. The van der Waals surface area contributed by atoms with Gasteiger partial charge in [-0.2, -0.15) is 4.57 Å². The Morgan fingerprint density at radius 1 is 0.714 bits per heavy atom. The van der Waals surface area contributed by atoms with E-state index in [4.69, 9.17) is 0 Å². The number of unbranched alkanes of at least 4 members (excludes halogenated alkanes) is 10. The van der Waals surface area contributed by atoms with Gasteiger partial charge in [0.2, 0.25) is 0 Å². The topological polar surface area (TPSA) is 3.88 Å². The van der Waals surface area contributed by atoms with Gasteiger partial charge in [-0.3, -0.25) is 0 Å². The molecule has 0 fully saturated rings. The van der Waals surface area contributed by atoms with Crippen molar-refractivity contribution in [2.24, 2.45) is 0 Å². The summed E-state index contributed by atoms with van der Waals surface area (Å²) in [5.41, 5.74) is 0. The van der Waals surface area contributed by atoms with Crippen molar-refractivity contribution < 1.29 is 17.0 Å². The number of allylic oxidation sites excluding steroid dienone is 1. The maximum absolute atomic E-state index is 2.28. The molecule has 21 heavy (non-hydrogen) atoms. The minimum Gasteiger partial charge on any atom is -1.00 e. The summed E-state index contributed by atoms with van der Waals surface area (Å²) in [5.74, 6) is 0. The van der Waals surface area contributed by atoms with Gasteiger partial charge in [0, 0.05) is 12.1 Å². The quantitative estimate of drug-likeness (QED) is 0.413. The van der Waals surface area contributed by atoms with Crippen molar-refractivity contribution >= 4 is 6.20 Å². The van der Waals surface area contributed by atoms with Crippen LogP contribution in [-0.4, -0.2) is 0 Å². The molecule has 0 atom stereocenters. The smallest absolute Gasteiger partial charge is 0.174 e. The maximum atomic E-state index is 2.28. The van der Waals surface area contributed by atoms with Crippen LogP contribution in [0.2, 0.25) is 0 Å². The zero-order chi connectivity index (χ0) is 14.3. The first-order valence-electron chi connectivity index (χ1n) is 8.56. The average Bonchev–Trinajstić information content (AvgIpc) is 2.49. The molecule has 0 radical (unpaired) electrons. The molecular weight excluding hydrogens is 278 g/mol. The van der Waals surface area contributed by atoms with Gasteiger partial charge in [0.1, 0.15) is 0 Å². The van der Waals surface area contributed by atoms with Crippen LogP contribution >= 0.6 is 0 Å². The minimum absolute atomic E-state index is 0. The van der Waals surface area contributed by atoms with Crippen molar-refractivity contribution in [1.29, 1.82) is 0 Å². The van der Waals surface area contributed by atoms with Gasteiger partial charge in [0.25, 0.3) is 0 Å². The van der Waals surface area contributed by atoms with Crippen LogP contribution in [0.1, 0.15) is 77.6 Å². The second kappa shape index (κ2) is 15.6. The summed E-state index contributed by atoms with van der Waals surface area (Å²) in [6.07, 6.45) is 23.9. The van der Waals surface area contributed by atoms with Gasteiger partial charge in [-0.15, -0.1) is 0 Å². The molecule has 1 rings (SSSR count). The third-order valence-corrected chi connectivity index (χ3v) is 3.74. The summed E-state index contributed by atoms with van der Waals surface area (Å²) in [6, 6.07) is 6.17. The Kier molecular flexibility index (Phi) is 15.0. The number of halogens is 1. The van der Waals surface area contributed by atoms with Gasteiger partial charge in [0.05, 0.1) is 0 Å². The fraction of sp³-hybridized carbons (Fsp3) is 0.632. The fourth-order valence-electron chi connectivity index (χ4n) is 2.46. The summed E-state index contributed by atoms with van der Waals surface area (Å²) >= 11 is 0. The van der Waals surface area contributed by atoms with Crippen LogP contribution < -0.4 is 17.0 Å². The Morgan fingerprint density at radius 3 is 1.81 bits per heavy atom. The summed E-state index contributed by atoms with van der Waals surface area (Å²) in [7, 11) is 0. The normalized spacial score (nSPS) is 10.7. The van der Waals surface area contributed by atoms with Crippen LogP contribution in [0.25, 0.3) is 6.20 Å². The highest BCUT2D eigenvalue weighted by molar-refractivity contribution is 5.06. The molecule has 0 aliphatic rings. The molecule has 0 unspecified atom stereocenters.